The van der Waals surface area contributed by atoms with Crippen LogP contribution in [0.15, 0.2) is 18.2 Å². The van der Waals surface area contributed by atoms with Gasteiger partial charge in [-0.1, -0.05) is 6.07 Å². The summed E-state index contributed by atoms with van der Waals surface area (Å²) < 4.78 is 20.5. The summed E-state index contributed by atoms with van der Waals surface area (Å²) in [6.45, 7) is 2.48. The lowest BCUT2D eigenvalue weighted by molar-refractivity contribution is 0.0491. The monoisotopic (exact) mass is 255 g/mol. The second-order valence-corrected chi connectivity index (χ2v) is 3.71. The van der Waals surface area contributed by atoms with E-state index in [1.54, 1.807) is 21.3 Å². The molecule has 1 N–H and O–H groups in total. The Kier molecular flexibility index (Phi) is 7.17. The first-order valence-electron chi connectivity index (χ1n) is 5.80. The van der Waals surface area contributed by atoms with Crippen molar-refractivity contribution in [3.05, 3.63) is 23.8 Å². The minimum absolute atomic E-state index is 0.205. The average Bonchev–Trinajstić information content (AvgIpc) is 2.41. The number of benzene rings is 1. The van der Waals surface area contributed by atoms with Crippen LogP contribution in [-0.4, -0.2) is 41.3 Å². The summed E-state index contributed by atoms with van der Waals surface area (Å²) >= 11 is 0. The van der Waals surface area contributed by atoms with Crippen molar-refractivity contribution in [2.45, 2.75) is 6.54 Å². The molecule has 0 spiro atoms. The SMILES string of the molecule is COCCNCc1ccc(OC)c(OCOC)c1. The third-order valence-corrected chi connectivity index (χ3v) is 2.37. The summed E-state index contributed by atoms with van der Waals surface area (Å²) in [4.78, 5) is 0. The van der Waals surface area contributed by atoms with Crippen LogP contribution in [0.5, 0.6) is 11.5 Å². The lowest BCUT2D eigenvalue weighted by Crippen LogP contribution is -2.18. The molecular weight excluding hydrogens is 234 g/mol. The van der Waals surface area contributed by atoms with Gasteiger partial charge in [0.05, 0.1) is 13.7 Å². The molecule has 1 aromatic carbocycles. The highest BCUT2D eigenvalue weighted by Crippen LogP contribution is 2.27. The van der Waals surface area contributed by atoms with E-state index in [1.165, 1.54) is 0 Å². The van der Waals surface area contributed by atoms with Crippen LogP contribution in [0.25, 0.3) is 0 Å². The Morgan fingerprint density at radius 3 is 2.56 bits per heavy atom. The van der Waals surface area contributed by atoms with Crippen molar-refractivity contribution >= 4 is 0 Å². The second kappa shape index (κ2) is 8.74. The largest absolute Gasteiger partial charge is 0.493 e. The van der Waals surface area contributed by atoms with Crippen molar-refractivity contribution in [1.82, 2.24) is 5.32 Å². The van der Waals surface area contributed by atoms with Gasteiger partial charge in [0.15, 0.2) is 18.3 Å². The molecule has 1 rings (SSSR count). The van der Waals surface area contributed by atoms with E-state index < -0.39 is 0 Å². The fourth-order valence-electron chi connectivity index (χ4n) is 1.47. The van der Waals surface area contributed by atoms with Crippen LogP contribution in [0.4, 0.5) is 0 Å². The van der Waals surface area contributed by atoms with E-state index >= 15 is 0 Å². The maximum atomic E-state index is 5.45. The van der Waals surface area contributed by atoms with Crippen molar-refractivity contribution in [2.24, 2.45) is 0 Å². The van der Waals surface area contributed by atoms with E-state index in [0.717, 1.165) is 18.7 Å². The topological polar surface area (TPSA) is 49.0 Å². The first-order valence-corrected chi connectivity index (χ1v) is 5.80. The molecule has 5 heteroatoms. The normalized spacial score (nSPS) is 10.4. The molecule has 0 unspecified atom stereocenters. The zero-order valence-corrected chi connectivity index (χ0v) is 11.2. The van der Waals surface area contributed by atoms with Gasteiger partial charge >= 0.3 is 0 Å². The zero-order valence-electron chi connectivity index (χ0n) is 11.2. The Morgan fingerprint density at radius 2 is 1.89 bits per heavy atom. The molecule has 0 bridgehead atoms. The molecule has 0 aliphatic heterocycles. The van der Waals surface area contributed by atoms with Crippen LogP contribution < -0.4 is 14.8 Å². The van der Waals surface area contributed by atoms with Crippen molar-refractivity contribution < 1.29 is 18.9 Å². The quantitative estimate of drug-likeness (QED) is 0.534. The molecule has 0 radical (unpaired) electrons. The summed E-state index contributed by atoms with van der Waals surface area (Å²) in [5.41, 5.74) is 1.12. The first kappa shape index (κ1) is 14.8. The van der Waals surface area contributed by atoms with Gasteiger partial charge in [0.2, 0.25) is 0 Å². The van der Waals surface area contributed by atoms with Crippen LogP contribution in [0.3, 0.4) is 0 Å². The molecular formula is C13H21NO4. The molecule has 0 amide bonds. The lowest BCUT2D eigenvalue weighted by atomic mass is 10.2. The van der Waals surface area contributed by atoms with Crippen LogP contribution in [0, 0.1) is 0 Å². The van der Waals surface area contributed by atoms with Gasteiger partial charge in [0.25, 0.3) is 0 Å². The molecule has 1 aromatic rings. The van der Waals surface area contributed by atoms with Gasteiger partial charge in [-0.05, 0) is 17.7 Å². The summed E-state index contributed by atoms with van der Waals surface area (Å²) in [5, 5.41) is 3.27. The zero-order chi connectivity index (χ0) is 13.2. The Morgan fingerprint density at radius 1 is 1.06 bits per heavy atom. The van der Waals surface area contributed by atoms with E-state index in [1.807, 2.05) is 18.2 Å². The molecule has 0 aliphatic carbocycles. The van der Waals surface area contributed by atoms with Gasteiger partial charge < -0.3 is 24.3 Å². The maximum absolute atomic E-state index is 5.45. The van der Waals surface area contributed by atoms with E-state index in [4.69, 9.17) is 18.9 Å². The number of rotatable bonds is 9. The van der Waals surface area contributed by atoms with E-state index in [2.05, 4.69) is 5.32 Å². The summed E-state index contributed by atoms with van der Waals surface area (Å²) in [5.74, 6) is 1.39. The van der Waals surface area contributed by atoms with Gasteiger partial charge in [-0.25, -0.2) is 0 Å². The molecule has 102 valence electrons. The summed E-state index contributed by atoms with van der Waals surface area (Å²) in [6.07, 6.45) is 0. The molecule has 0 atom stereocenters. The molecule has 0 fully saturated rings. The highest BCUT2D eigenvalue weighted by Gasteiger charge is 2.05. The molecule has 18 heavy (non-hydrogen) atoms. The molecule has 0 heterocycles. The Bertz CT molecular complexity index is 344. The van der Waals surface area contributed by atoms with Crippen LogP contribution in [-0.2, 0) is 16.0 Å². The Balaban J connectivity index is 2.57. The first-order chi connectivity index (χ1) is 8.81. The number of hydrogen-bond donors (Lipinski definition) is 1. The van der Waals surface area contributed by atoms with E-state index in [-0.39, 0.29) is 6.79 Å². The molecule has 5 nitrogen and oxygen atoms in total. The molecule has 0 aromatic heterocycles. The fraction of sp³-hybridized carbons (Fsp3) is 0.538. The predicted octanol–water partition coefficient (Wildman–Crippen LogP) is 1.41. The molecule has 0 saturated carbocycles. The average molecular weight is 255 g/mol. The number of methoxy groups -OCH3 is 3. The van der Waals surface area contributed by atoms with Gasteiger partial charge in [-0.15, -0.1) is 0 Å². The summed E-state index contributed by atoms with van der Waals surface area (Å²) in [6, 6.07) is 5.83. The Labute approximate surface area is 108 Å². The van der Waals surface area contributed by atoms with Gasteiger partial charge in [0, 0.05) is 27.3 Å². The molecule has 0 aliphatic rings. The summed E-state index contributed by atoms with van der Waals surface area (Å²) in [7, 11) is 4.89. The van der Waals surface area contributed by atoms with Crippen molar-refractivity contribution in [3.8, 4) is 11.5 Å². The highest BCUT2D eigenvalue weighted by molar-refractivity contribution is 5.42. The van der Waals surface area contributed by atoms with Gasteiger partial charge in [-0.3, -0.25) is 0 Å². The Hall–Kier alpha value is -1.30. The van der Waals surface area contributed by atoms with Gasteiger partial charge in [0.1, 0.15) is 0 Å². The third-order valence-electron chi connectivity index (χ3n) is 2.37. The number of ether oxygens (including phenoxy) is 4. The minimum Gasteiger partial charge on any atom is -0.493 e. The van der Waals surface area contributed by atoms with Crippen LogP contribution in [0.1, 0.15) is 5.56 Å². The van der Waals surface area contributed by atoms with Crippen LogP contribution >= 0.6 is 0 Å². The molecule has 0 saturated heterocycles. The fourth-order valence-corrected chi connectivity index (χ4v) is 1.47. The standard InChI is InChI=1S/C13H21NO4/c1-15-7-6-14-9-11-4-5-12(17-3)13(8-11)18-10-16-2/h4-5,8,14H,6-7,9-10H2,1-3H3. The van der Waals surface area contributed by atoms with Crippen molar-refractivity contribution in [2.75, 3.05) is 41.3 Å². The van der Waals surface area contributed by atoms with Crippen molar-refractivity contribution in [1.29, 1.82) is 0 Å². The number of hydrogen-bond acceptors (Lipinski definition) is 5. The second-order valence-electron chi connectivity index (χ2n) is 3.71. The number of nitrogens with one attached hydrogen (secondary N) is 1. The van der Waals surface area contributed by atoms with E-state index in [9.17, 15) is 0 Å². The third kappa shape index (κ3) is 4.91. The van der Waals surface area contributed by atoms with Crippen molar-refractivity contribution in [3.63, 3.8) is 0 Å². The van der Waals surface area contributed by atoms with E-state index in [0.29, 0.717) is 18.1 Å². The maximum Gasteiger partial charge on any atom is 0.188 e. The minimum atomic E-state index is 0.205. The van der Waals surface area contributed by atoms with Gasteiger partial charge in [-0.2, -0.15) is 0 Å². The predicted molar refractivity (Wildman–Crippen MR) is 69.1 cm³/mol. The smallest absolute Gasteiger partial charge is 0.188 e. The highest BCUT2D eigenvalue weighted by atomic mass is 16.7. The van der Waals surface area contributed by atoms with Crippen LogP contribution in [0.2, 0.25) is 0 Å². The lowest BCUT2D eigenvalue weighted by Gasteiger charge is -2.12.